The lowest BCUT2D eigenvalue weighted by Gasteiger charge is -2.21. The van der Waals surface area contributed by atoms with Gasteiger partial charge in [0, 0.05) is 11.9 Å². The standard InChI is InChI=1S/C12H16ClNO3S2/c1-12(2,11(16)17)18-7-10(15)14(3)6-8-4-5-9(13)19-8/h4-5H,6-7H2,1-3H3,(H,16,17). The first-order valence-electron chi connectivity index (χ1n) is 5.58. The molecule has 0 saturated carbocycles. The van der Waals surface area contributed by atoms with Crippen molar-refractivity contribution in [1.82, 2.24) is 4.90 Å². The van der Waals surface area contributed by atoms with E-state index in [1.807, 2.05) is 6.07 Å². The van der Waals surface area contributed by atoms with Crippen LogP contribution >= 0.6 is 34.7 Å². The number of hydrogen-bond donors (Lipinski definition) is 1. The van der Waals surface area contributed by atoms with Crippen LogP contribution in [0.25, 0.3) is 0 Å². The zero-order valence-corrected chi connectivity index (χ0v) is 13.4. The topological polar surface area (TPSA) is 57.6 Å². The number of nitrogens with zero attached hydrogens (tertiary/aromatic N) is 1. The Kier molecular flexibility index (Phi) is 5.70. The SMILES string of the molecule is CN(Cc1ccc(Cl)s1)C(=O)CSC(C)(C)C(=O)O. The lowest BCUT2D eigenvalue weighted by atomic mass is 10.2. The van der Waals surface area contributed by atoms with Gasteiger partial charge >= 0.3 is 5.97 Å². The van der Waals surface area contributed by atoms with E-state index in [-0.39, 0.29) is 11.7 Å². The number of hydrogen-bond acceptors (Lipinski definition) is 4. The summed E-state index contributed by atoms with van der Waals surface area (Å²) in [5, 5.41) is 8.97. The summed E-state index contributed by atoms with van der Waals surface area (Å²) in [6.07, 6.45) is 0. The second kappa shape index (κ2) is 6.63. The molecule has 0 unspecified atom stereocenters. The van der Waals surface area contributed by atoms with Crippen LogP contribution in [0.15, 0.2) is 12.1 Å². The number of carboxylic acids is 1. The maximum Gasteiger partial charge on any atom is 0.319 e. The molecule has 1 aromatic rings. The highest BCUT2D eigenvalue weighted by molar-refractivity contribution is 8.01. The molecule has 0 atom stereocenters. The van der Waals surface area contributed by atoms with Crippen LogP contribution < -0.4 is 0 Å². The summed E-state index contributed by atoms with van der Waals surface area (Å²) in [5.74, 6) is -0.864. The van der Waals surface area contributed by atoms with Crippen molar-refractivity contribution in [1.29, 1.82) is 0 Å². The van der Waals surface area contributed by atoms with E-state index < -0.39 is 10.7 Å². The molecule has 7 heteroatoms. The Hall–Kier alpha value is -0.720. The van der Waals surface area contributed by atoms with Gasteiger partial charge in [0.15, 0.2) is 0 Å². The summed E-state index contributed by atoms with van der Waals surface area (Å²) >= 11 is 8.38. The van der Waals surface area contributed by atoms with Crippen molar-refractivity contribution in [3.8, 4) is 0 Å². The maximum atomic E-state index is 11.9. The summed E-state index contributed by atoms with van der Waals surface area (Å²) in [4.78, 5) is 25.4. The van der Waals surface area contributed by atoms with Gasteiger partial charge in [0.1, 0.15) is 4.75 Å². The third-order valence-corrected chi connectivity index (χ3v) is 5.02. The Labute approximate surface area is 125 Å². The van der Waals surface area contributed by atoms with Crippen LogP contribution in [-0.2, 0) is 16.1 Å². The molecule has 0 aliphatic heterocycles. The van der Waals surface area contributed by atoms with Crippen molar-refractivity contribution in [3.63, 3.8) is 0 Å². The second-order valence-electron chi connectivity index (χ2n) is 4.56. The maximum absolute atomic E-state index is 11.9. The lowest BCUT2D eigenvalue weighted by molar-refractivity contribution is -0.138. The van der Waals surface area contributed by atoms with Gasteiger partial charge in [-0.1, -0.05) is 11.6 Å². The second-order valence-corrected chi connectivity index (χ2v) is 7.96. The number of carbonyl (C=O) groups is 2. The first kappa shape index (κ1) is 16.3. The molecule has 0 fully saturated rings. The third-order valence-electron chi connectivity index (χ3n) is 2.52. The van der Waals surface area contributed by atoms with Crippen LogP contribution in [0.1, 0.15) is 18.7 Å². The van der Waals surface area contributed by atoms with Crippen LogP contribution in [-0.4, -0.2) is 39.4 Å². The smallest absolute Gasteiger partial charge is 0.319 e. The first-order valence-corrected chi connectivity index (χ1v) is 7.76. The van der Waals surface area contributed by atoms with E-state index in [0.717, 1.165) is 16.6 Å². The molecule has 0 saturated heterocycles. The van der Waals surface area contributed by atoms with E-state index >= 15 is 0 Å². The Bertz CT molecular complexity index is 473. The van der Waals surface area contributed by atoms with Crippen molar-refractivity contribution in [2.24, 2.45) is 0 Å². The Morgan fingerprint density at radius 2 is 2.11 bits per heavy atom. The average molecular weight is 322 g/mol. The highest BCUT2D eigenvalue weighted by atomic mass is 35.5. The summed E-state index contributed by atoms with van der Waals surface area (Å²) in [6, 6.07) is 3.67. The fourth-order valence-corrected chi connectivity index (χ4v) is 3.14. The van der Waals surface area contributed by atoms with E-state index in [1.54, 1.807) is 31.9 Å². The van der Waals surface area contributed by atoms with Gasteiger partial charge in [-0.2, -0.15) is 0 Å². The van der Waals surface area contributed by atoms with Crippen molar-refractivity contribution < 1.29 is 14.7 Å². The Balaban J connectivity index is 2.47. The fourth-order valence-electron chi connectivity index (χ4n) is 1.17. The van der Waals surface area contributed by atoms with Gasteiger partial charge in [0.2, 0.25) is 5.91 Å². The zero-order valence-electron chi connectivity index (χ0n) is 11.0. The number of amides is 1. The minimum Gasteiger partial charge on any atom is -0.480 e. The molecule has 0 bridgehead atoms. The number of halogens is 1. The van der Waals surface area contributed by atoms with Crippen molar-refractivity contribution in [2.75, 3.05) is 12.8 Å². The Morgan fingerprint density at radius 3 is 2.58 bits per heavy atom. The van der Waals surface area contributed by atoms with Gasteiger partial charge in [0.25, 0.3) is 0 Å². The number of thioether (sulfide) groups is 1. The van der Waals surface area contributed by atoms with Crippen LogP contribution in [0.5, 0.6) is 0 Å². The predicted octanol–water partition coefficient (Wildman–Crippen LogP) is 2.96. The Morgan fingerprint density at radius 1 is 1.47 bits per heavy atom. The van der Waals surface area contributed by atoms with Gasteiger partial charge in [0.05, 0.1) is 16.6 Å². The third kappa shape index (κ3) is 5.04. The van der Waals surface area contributed by atoms with Crippen LogP contribution in [0.2, 0.25) is 4.34 Å². The van der Waals surface area contributed by atoms with Gasteiger partial charge in [-0.25, -0.2) is 0 Å². The van der Waals surface area contributed by atoms with E-state index in [9.17, 15) is 9.59 Å². The molecule has 19 heavy (non-hydrogen) atoms. The van der Waals surface area contributed by atoms with Gasteiger partial charge in [-0.3, -0.25) is 9.59 Å². The summed E-state index contributed by atoms with van der Waals surface area (Å²) in [7, 11) is 1.70. The van der Waals surface area contributed by atoms with Crippen molar-refractivity contribution in [3.05, 3.63) is 21.3 Å². The number of thiophene rings is 1. The average Bonchev–Trinajstić information content (AvgIpc) is 2.71. The number of rotatable bonds is 6. The van der Waals surface area contributed by atoms with Gasteiger partial charge < -0.3 is 10.0 Å². The molecular formula is C12H16ClNO3S2. The number of aliphatic carboxylic acids is 1. The molecule has 106 valence electrons. The molecule has 1 amide bonds. The summed E-state index contributed by atoms with van der Waals surface area (Å²) in [5.41, 5.74) is 0. The molecule has 1 rings (SSSR count). The number of carbonyl (C=O) groups excluding carboxylic acids is 1. The molecule has 0 spiro atoms. The molecule has 0 aliphatic rings. The van der Waals surface area contributed by atoms with E-state index in [1.165, 1.54) is 11.3 Å². The summed E-state index contributed by atoms with van der Waals surface area (Å²) < 4.78 is -0.264. The van der Waals surface area contributed by atoms with Crippen LogP contribution in [0.4, 0.5) is 0 Å². The van der Waals surface area contributed by atoms with Gasteiger partial charge in [-0.15, -0.1) is 23.1 Å². The first-order chi connectivity index (χ1) is 8.72. The zero-order chi connectivity index (χ0) is 14.6. The molecule has 0 aliphatic carbocycles. The van der Waals surface area contributed by atoms with E-state index in [0.29, 0.717) is 10.9 Å². The molecule has 1 aromatic heterocycles. The minimum absolute atomic E-state index is 0.0937. The fraction of sp³-hybridized carbons (Fsp3) is 0.500. The molecule has 1 N–H and O–H groups in total. The largest absolute Gasteiger partial charge is 0.480 e. The summed E-state index contributed by atoms with van der Waals surface area (Å²) in [6.45, 7) is 3.67. The minimum atomic E-state index is -0.956. The molecule has 1 heterocycles. The predicted molar refractivity (Wildman–Crippen MR) is 80.0 cm³/mol. The van der Waals surface area contributed by atoms with E-state index in [4.69, 9.17) is 16.7 Å². The van der Waals surface area contributed by atoms with Crippen LogP contribution in [0.3, 0.4) is 0 Å². The van der Waals surface area contributed by atoms with Crippen LogP contribution in [0, 0.1) is 0 Å². The molecular weight excluding hydrogens is 306 g/mol. The normalized spacial score (nSPS) is 11.4. The molecule has 4 nitrogen and oxygen atoms in total. The lowest BCUT2D eigenvalue weighted by Crippen LogP contribution is -2.32. The van der Waals surface area contributed by atoms with E-state index in [2.05, 4.69) is 0 Å². The van der Waals surface area contributed by atoms with Crippen molar-refractivity contribution >= 4 is 46.6 Å². The van der Waals surface area contributed by atoms with Crippen molar-refractivity contribution in [2.45, 2.75) is 25.1 Å². The van der Waals surface area contributed by atoms with Gasteiger partial charge in [-0.05, 0) is 26.0 Å². The monoisotopic (exact) mass is 321 g/mol. The highest BCUT2D eigenvalue weighted by Crippen LogP contribution is 2.26. The highest BCUT2D eigenvalue weighted by Gasteiger charge is 2.29. The molecule has 0 aromatic carbocycles. The number of carboxylic acid groups (broad SMARTS) is 1. The quantitative estimate of drug-likeness (QED) is 0.875. The molecule has 0 radical (unpaired) electrons.